The van der Waals surface area contributed by atoms with Gasteiger partial charge in [0.05, 0.1) is 5.92 Å². The van der Waals surface area contributed by atoms with E-state index in [1.54, 1.807) is 0 Å². The summed E-state index contributed by atoms with van der Waals surface area (Å²) in [6.07, 6.45) is 7.51. The van der Waals surface area contributed by atoms with Crippen LogP contribution < -0.4 is 27.4 Å². The molecular formula is C28H51N5O2. The second kappa shape index (κ2) is 16.3. The number of carbonyl (C=O) groups is 1. The first-order valence-electron chi connectivity index (χ1n) is 13.7. The second-order valence-corrected chi connectivity index (χ2v) is 11.0. The number of hydrogen-bond donors (Lipinski definition) is 6. The van der Waals surface area contributed by atoms with Gasteiger partial charge >= 0.3 is 5.97 Å². The number of rotatable bonds is 17. The van der Waals surface area contributed by atoms with Gasteiger partial charge in [-0.25, -0.2) is 0 Å². The van der Waals surface area contributed by atoms with Crippen LogP contribution in [0.15, 0.2) is 30.3 Å². The van der Waals surface area contributed by atoms with Gasteiger partial charge in [0.2, 0.25) is 0 Å². The molecule has 1 fully saturated rings. The standard InChI is InChI=1S/C28H51N5O2/c1-4-5-11-25(18-33-26-15-22(28(34)35)14-23(29)16-26)32-19-27(12-20(2)3)31-17-24(30)13-21-9-7-6-8-10-21/h6-10,20,22-27,31-33H,4-5,11-19,29-30H2,1-3H3,(H,34,35)/t22?,23?,24-,25-,26?,27-/m1/s1. The lowest BCUT2D eigenvalue weighted by molar-refractivity contribution is -0.143. The molecule has 1 aliphatic rings. The summed E-state index contributed by atoms with van der Waals surface area (Å²) in [4.78, 5) is 11.5. The maximum absolute atomic E-state index is 11.5. The fraction of sp³-hybridized carbons (Fsp3) is 0.750. The van der Waals surface area contributed by atoms with Crippen molar-refractivity contribution < 1.29 is 9.90 Å². The molecule has 0 bridgehead atoms. The van der Waals surface area contributed by atoms with Gasteiger partial charge in [0, 0.05) is 49.8 Å². The number of benzene rings is 1. The van der Waals surface area contributed by atoms with E-state index in [9.17, 15) is 9.90 Å². The molecule has 0 radical (unpaired) electrons. The van der Waals surface area contributed by atoms with Gasteiger partial charge in [-0.2, -0.15) is 0 Å². The molecule has 7 nitrogen and oxygen atoms in total. The summed E-state index contributed by atoms with van der Waals surface area (Å²) >= 11 is 0. The normalized spacial score (nSPS) is 23.2. The number of hydrogen-bond acceptors (Lipinski definition) is 6. The van der Waals surface area contributed by atoms with E-state index in [0.717, 1.165) is 51.7 Å². The molecule has 0 spiro atoms. The minimum absolute atomic E-state index is 0.0379. The van der Waals surface area contributed by atoms with Gasteiger partial charge in [-0.05, 0) is 50.0 Å². The Hall–Kier alpha value is -1.51. The van der Waals surface area contributed by atoms with Gasteiger partial charge in [-0.1, -0.05) is 63.9 Å². The molecular weight excluding hydrogens is 438 g/mol. The molecule has 35 heavy (non-hydrogen) atoms. The van der Waals surface area contributed by atoms with Crippen molar-refractivity contribution in [1.82, 2.24) is 16.0 Å². The minimum Gasteiger partial charge on any atom is -0.481 e. The van der Waals surface area contributed by atoms with Gasteiger partial charge in [-0.15, -0.1) is 0 Å². The summed E-state index contributed by atoms with van der Waals surface area (Å²) < 4.78 is 0. The Morgan fingerprint density at radius 1 is 1.06 bits per heavy atom. The van der Waals surface area contributed by atoms with Crippen LogP contribution >= 0.6 is 0 Å². The Kier molecular flexibility index (Phi) is 13.8. The van der Waals surface area contributed by atoms with E-state index >= 15 is 0 Å². The molecule has 2 rings (SSSR count). The Labute approximate surface area is 213 Å². The Morgan fingerprint density at radius 2 is 1.77 bits per heavy atom. The molecule has 1 aliphatic carbocycles. The molecule has 6 atom stereocenters. The van der Waals surface area contributed by atoms with Crippen LogP contribution in [0, 0.1) is 11.8 Å². The van der Waals surface area contributed by atoms with Gasteiger partial charge in [0.15, 0.2) is 0 Å². The van der Waals surface area contributed by atoms with Crippen molar-refractivity contribution in [3.8, 4) is 0 Å². The monoisotopic (exact) mass is 489 g/mol. The fourth-order valence-electron chi connectivity index (χ4n) is 5.19. The molecule has 0 saturated heterocycles. The van der Waals surface area contributed by atoms with E-state index in [4.69, 9.17) is 11.5 Å². The highest BCUT2D eigenvalue weighted by molar-refractivity contribution is 5.70. The number of nitrogens with two attached hydrogens (primary N) is 2. The lowest BCUT2D eigenvalue weighted by Gasteiger charge is -2.33. The quantitative estimate of drug-likeness (QED) is 0.199. The summed E-state index contributed by atoms with van der Waals surface area (Å²) in [7, 11) is 0. The smallest absolute Gasteiger partial charge is 0.306 e. The van der Waals surface area contributed by atoms with Crippen LogP contribution in [0.3, 0.4) is 0 Å². The van der Waals surface area contributed by atoms with E-state index < -0.39 is 5.97 Å². The maximum atomic E-state index is 11.5. The van der Waals surface area contributed by atoms with Crippen LogP contribution in [0.4, 0.5) is 0 Å². The third-order valence-electron chi connectivity index (χ3n) is 7.07. The average molecular weight is 490 g/mol. The SMILES string of the molecule is CCCC[C@H](CNC1CC(N)CC(C(=O)O)C1)NC[C@@H](CC(C)C)NC[C@H](N)Cc1ccccc1. The highest BCUT2D eigenvalue weighted by atomic mass is 16.4. The Bertz CT molecular complexity index is 702. The summed E-state index contributed by atoms with van der Waals surface area (Å²) in [5.74, 6) is -0.456. The van der Waals surface area contributed by atoms with Gasteiger partial charge in [0.1, 0.15) is 0 Å². The number of carboxylic acid groups (broad SMARTS) is 1. The van der Waals surface area contributed by atoms with Crippen LogP contribution in [-0.2, 0) is 11.2 Å². The first-order valence-corrected chi connectivity index (χ1v) is 13.7. The maximum Gasteiger partial charge on any atom is 0.306 e. The fourth-order valence-corrected chi connectivity index (χ4v) is 5.19. The van der Waals surface area contributed by atoms with Crippen molar-refractivity contribution in [2.24, 2.45) is 23.3 Å². The Morgan fingerprint density at radius 3 is 2.43 bits per heavy atom. The van der Waals surface area contributed by atoms with Crippen LogP contribution in [-0.4, -0.2) is 60.9 Å². The van der Waals surface area contributed by atoms with E-state index in [1.165, 1.54) is 12.0 Å². The first kappa shape index (κ1) is 29.7. The zero-order valence-electron chi connectivity index (χ0n) is 22.2. The summed E-state index contributed by atoms with van der Waals surface area (Å²) in [6.45, 7) is 9.28. The summed E-state index contributed by atoms with van der Waals surface area (Å²) in [5.41, 5.74) is 13.9. The van der Waals surface area contributed by atoms with Crippen molar-refractivity contribution in [3.63, 3.8) is 0 Å². The molecule has 1 saturated carbocycles. The third-order valence-corrected chi connectivity index (χ3v) is 7.07. The zero-order valence-corrected chi connectivity index (χ0v) is 22.2. The second-order valence-electron chi connectivity index (χ2n) is 11.0. The number of nitrogens with one attached hydrogen (secondary N) is 3. The predicted octanol–water partition coefficient (Wildman–Crippen LogP) is 2.88. The molecule has 200 valence electrons. The molecule has 0 aliphatic heterocycles. The molecule has 8 N–H and O–H groups in total. The first-order chi connectivity index (χ1) is 16.8. The molecule has 0 aromatic heterocycles. The summed E-state index contributed by atoms with van der Waals surface area (Å²) in [6, 6.07) is 11.4. The van der Waals surface area contributed by atoms with E-state index in [1.807, 2.05) is 6.07 Å². The lowest BCUT2D eigenvalue weighted by Crippen LogP contribution is -2.51. The predicted molar refractivity (Wildman–Crippen MR) is 145 cm³/mol. The van der Waals surface area contributed by atoms with Gasteiger partial charge in [0.25, 0.3) is 0 Å². The van der Waals surface area contributed by atoms with Gasteiger partial charge in [-0.3, -0.25) is 4.79 Å². The topological polar surface area (TPSA) is 125 Å². The Balaban J connectivity index is 1.85. The summed E-state index contributed by atoms with van der Waals surface area (Å²) in [5, 5.41) is 20.6. The molecule has 0 heterocycles. The number of unbranched alkanes of at least 4 members (excludes halogenated alkanes) is 1. The molecule has 7 heteroatoms. The van der Waals surface area contributed by atoms with Crippen molar-refractivity contribution in [2.75, 3.05) is 19.6 Å². The van der Waals surface area contributed by atoms with Crippen molar-refractivity contribution in [1.29, 1.82) is 0 Å². The number of carboxylic acids is 1. The van der Waals surface area contributed by atoms with Crippen LogP contribution in [0.2, 0.25) is 0 Å². The number of aliphatic carboxylic acids is 1. The lowest BCUT2D eigenvalue weighted by atomic mass is 9.83. The zero-order chi connectivity index (χ0) is 25.6. The van der Waals surface area contributed by atoms with Crippen molar-refractivity contribution >= 4 is 5.97 Å². The van der Waals surface area contributed by atoms with Gasteiger partial charge < -0.3 is 32.5 Å². The van der Waals surface area contributed by atoms with E-state index in [2.05, 4.69) is 61.0 Å². The molecule has 1 aromatic carbocycles. The van der Waals surface area contributed by atoms with Crippen LogP contribution in [0.25, 0.3) is 0 Å². The third kappa shape index (κ3) is 12.3. The highest BCUT2D eigenvalue weighted by Crippen LogP contribution is 2.24. The highest BCUT2D eigenvalue weighted by Gasteiger charge is 2.31. The van der Waals surface area contributed by atoms with Crippen LogP contribution in [0.5, 0.6) is 0 Å². The molecule has 1 aromatic rings. The van der Waals surface area contributed by atoms with E-state index in [0.29, 0.717) is 30.8 Å². The van der Waals surface area contributed by atoms with E-state index in [-0.39, 0.29) is 24.0 Å². The molecule has 3 unspecified atom stereocenters. The van der Waals surface area contributed by atoms with Crippen molar-refractivity contribution in [2.45, 2.75) is 102 Å². The van der Waals surface area contributed by atoms with Crippen molar-refractivity contribution in [3.05, 3.63) is 35.9 Å². The molecule has 0 amide bonds. The average Bonchev–Trinajstić information content (AvgIpc) is 2.81. The minimum atomic E-state index is -0.722. The van der Waals surface area contributed by atoms with Crippen LogP contribution in [0.1, 0.15) is 71.3 Å². The largest absolute Gasteiger partial charge is 0.481 e.